The molecule has 5 N–H and O–H groups in total. The van der Waals surface area contributed by atoms with E-state index in [0.717, 1.165) is 99.2 Å². The number of nitrogens with zero attached hydrogens (tertiary/aromatic N) is 4. The number of aryl methyl sites for hydroxylation is 2. The van der Waals surface area contributed by atoms with Crippen molar-refractivity contribution in [3.05, 3.63) is 47.3 Å². The molecule has 13 nitrogen and oxygen atoms in total. The summed E-state index contributed by atoms with van der Waals surface area (Å²) in [7, 11) is 2.02. The maximum atomic E-state index is 13.1. The molecule has 1 aliphatic rings. The molecule has 3 aromatic rings. The highest BCUT2D eigenvalue weighted by Crippen LogP contribution is 2.30. The van der Waals surface area contributed by atoms with Gasteiger partial charge in [0.15, 0.2) is 5.65 Å². The Balaban J connectivity index is 0.00000192. The fourth-order valence-corrected chi connectivity index (χ4v) is 5.58. The van der Waals surface area contributed by atoms with Crippen LogP contribution in [0.15, 0.2) is 30.5 Å². The number of hydrogen-bond acceptors (Lipinski definition) is 9. The third-order valence-corrected chi connectivity index (χ3v) is 8.24. The van der Waals surface area contributed by atoms with E-state index in [9.17, 15) is 9.59 Å². The molecule has 0 saturated carbocycles. The summed E-state index contributed by atoms with van der Waals surface area (Å²) in [5, 5.41) is 31.1. The number of pyridine rings is 1. The van der Waals surface area contributed by atoms with Crippen LogP contribution in [0.5, 0.6) is 0 Å². The molecule has 4 rings (SSSR count). The number of rotatable bonds is 17. The number of amides is 2. The average molecular weight is 654 g/mol. The minimum atomic E-state index is -0.250. The van der Waals surface area contributed by atoms with Crippen molar-refractivity contribution in [2.45, 2.75) is 84.3 Å². The zero-order valence-corrected chi connectivity index (χ0v) is 28.0. The first-order chi connectivity index (χ1) is 22.8. The molecule has 1 aliphatic heterocycles. The Morgan fingerprint density at radius 3 is 2.45 bits per heavy atom. The number of aromatic nitrogens is 3. The van der Waals surface area contributed by atoms with Crippen LogP contribution in [0.25, 0.3) is 11.0 Å². The molecule has 13 heteroatoms. The molecule has 0 radical (unpaired) electrons. The lowest BCUT2D eigenvalue weighted by Gasteiger charge is -2.26. The van der Waals surface area contributed by atoms with Gasteiger partial charge in [0.25, 0.3) is 12.4 Å². The number of benzene rings is 1. The van der Waals surface area contributed by atoms with Crippen LogP contribution in [0.4, 0.5) is 11.4 Å². The second-order valence-corrected chi connectivity index (χ2v) is 11.7. The van der Waals surface area contributed by atoms with Crippen LogP contribution < -0.4 is 16.0 Å². The number of fused-ring (bicyclic) bond motifs is 1. The standard InChI is InChI=1S/C33H49N7O4.CH2O2/c1-4-40-32-29(23-35-40)31(38-27-15-20-44-21-16-27)28(24(2)36-32)22-34-33(43)25-11-13-26(14-12-25)37-30(42)10-8-6-5-7-9-17-39(3)18-19-41;2-1-3/h11-14,23,27,41H,4-10,15-22H2,1-3H3,(H,34,43)(H,36,38)(H,37,42);1H,(H,2,3). The van der Waals surface area contributed by atoms with E-state index < -0.39 is 0 Å². The van der Waals surface area contributed by atoms with Crippen LogP contribution in [-0.2, 0) is 27.4 Å². The topological polar surface area (TPSA) is 171 Å². The molecule has 0 bridgehead atoms. The third kappa shape index (κ3) is 11.9. The van der Waals surface area contributed by atoms with Crippen LogP contribution >= 0.6 is 0 Å². The predicted molar refractivity (Wildman–Crippen MR) is 183 cm³/mol. The summed E-state index contributed by atoms with van der Waals surface area (Å²) in [5.74, 6) is -0.203. The summed E-state index contributed by atoms with van der Waals surface area (Å²) in [6.07, 6.45) is 9.38. The first-order valence-electron chi connectivity index (χ1n) is 16.6. The van der Waals surface area contributed by atoms with Gasteiger partial charge in [-0.2, -0.15) is 5.10 Å². The number of carbonyl (C=O) groups excluding carboxylic acids is 2. The first-order valence-corrected chi connectivity index (χ1v) is 16.6. The van der Waals surface area contributed by atoms with Gasteiger partial charge >= 0.3 is 0 Å². The number of ether oxygens (including phenoxy) is 1. The van der Waals surface area contributed by atoms with Gasteiger partial charge in [-0.25, -0.2) is 9.67 Å². The Morgan fingerprint density at radius 2 is 1.77 bits per heavy atom. The monoisotopic (exact) mass is 653 g/mol. The highest BCUT2D eigenvalue weighted by molar-refractivity contribution is 5.96. The van der Waals surface area contributed by atoms with Crippen molar-refractivity contribution in [3.63, 3.8) is 0 Å². The van der Waals surface area contributed by atoms with E-state index in [4.69, 9.17) is 24.7 Å². The third-order valence-electron chi connectivity index (χ3n) is 8.24. The molecule has 0 unspecified atom stereocenters. The van der Waals surface area contributed by atoms with Crippen molar-refractivity contribution < 1.29 is 29.3 Å². The number of likely N-dealkylation sites (N-methyl/N-ethyl adjacent to an activating group) is 1. The number of nitrogens with one attached hydrogen (secondary N) is 3. The maximum absolute atomic E-state index is 13.1. The Kier molecular flexibility index (Phi) is 16.1. The predicted octanol–water partition coefficient (Wildman–Crippen LogP) is 4.18. The van der Waals surface area contributed by atoms with Crippen molar-refractivity contribution in [2.24, 2.45) is 0 Å². The smallest absolute Gasteiger partial charge is 0.290 e. The SMILES string of the molecule is CCn1ncc2c(NC3CCOCC3)c(CNC(=O)c3ccc(NC(=O)CCCCCCCN(C)CCO)cc3)c(C)nc21.O=CO. The van der Waals surface area contributed by atoms with Crippen LogP contribution in [0.1, 0.15) is 79.9 Å². The summed E-state index contributed by atoms with van der Waals surface area (Å²) in [6, 6.07) is 7.29. The van der Waals surface area contributed by atoms with Crippen molar-refractivity contribution in [3.8, 4) is 0 Å². The largest absolute Gasteiger partial charge is 0.483 e. The Bertz CT molecular complexity index is 1410. The lowest BCUT2D eigenvalue weighted by atomic mass is 10.0. The van der Waals surface area contributed by atoms with E-state index in [-0.39, 0.29) is 30.9 Å². The normalized spacial score (nSPS) is 13.2. The molecule has 47 heavy (non-hydrogen) atoms. The number of carbonyl (C=O) groups is 3. The van der Waals surface area contributed by atoms with Gasteiger partial charge in [0.05, 0.1) is 23.9 Å². The minimum Gasteiger partial charge on any atom is -0.483 e. The van der Waals surface area contributed by atoms with Crippen molar-refractivity contribution in [1.82, 2.24) is 25.0 Å². The summed E-state index contributed by atoms with van der Waals surface area (Å²) in [6.45, 7) is 8.18. The Morgan fingerprint density at radius 1 is 1.09 bits per heavy atom. The fraction of sp³-hybridized carbons (Fsp3) is 0.559. The van der Waals surface area contributed by atoms with Crippen molar-refractivity contribution in [1.29, 1.82) is 0 Å². The van der Waals surface area contributed by atoms with E-state index >= 15 is 0 Å². The van der Waals surface area contributed by atoms with Gasteiger partial charge in [0.2, 0.25) is 5.91 Å². The number of aliphatic hydroxyl groups excluding tert-OH is 1. The molecule has 2 aromatic heterocycles. The van der Waals surface area contributed by atoms with Gasteiger partial charge < -0.3 is 35.8 Å². The zero-order valence-electron chi connectivity index (χ0n) is 28.0. The highest BCUT2D eigenvalue weighted by Gasteiger charge is 2.21. The van der Waals surface area contributed by atoms with Gasteiger partial charge in [-0.15, -0.1) is 0 Å². The molecular weight excluding hydrogens is 602 g/mol. The quantitative estimate of drug-likeness (QED) is 0.105. The van der Waals surface area contributed by atoms with E-state index in [1.165, 1.54) is 0 Å². The molecule has 1 aromatic carbocycles. The second-order valence-electron chi connectivity index (χ2n) is 11.7. The van der Waals surface area contributed by atoms with Gasteiger partial charge in [-0.3, -0.25) is 14.4 Å². The van der Waals surface area contributed by atoms with Crippen molar-refractivity contribution >= 4 is 40.7 Å². The molecular formula is C34H51N7O6. The molecule has 2 amide bonds. The molecule has 0 atom stereocenters. The number of hydrogen-bond donors (Lipinski definition) is 5. The van der Waals surface area contributed by atoms with Crippen molar-refractivity contribution in [2.75, 3.05) is 50.6 Å². The van der Waals surface area contributed by atoms with E-state index in [0.29, 0.717) is 30.8 Å². The number of aliphatic hydroxyl groups is 1. The lowest BCUT2D eigenvalue weighted by molar-refractivity contribution is -0.123. The minimum absolute atomic E-state index is 0.0146. The zero-order chi connectivity index (χ0) is 34.0. The Labute approximate surface area is 277 Å². The fourth-order valence-electron chi connectivity index (χ4n) is 5.58. The van der Waals surface area contributed by atoms with E-state index in [1.54, 1.807) is 24.3 Å². The van der Waals surface area contributed by atoms with Crippen LogP contribution in [0.2, 0.25) is 0 Å². The van der Waals surface area contributed by atoms with Crippen LogP contribution in [-0.4, -0.2) is 94.2 Å². The molecule has 0 spiro atoms. The number of unbranched alkanes of at least 4 members (excludes halogenated alkanes) is 4. The maximum Gasteiger partial charge on any atom is 0.290 e. The first kappa shape index (κ1) is 37.4. The van der Waals surface area contributed by atoms with Gasteiger partial charge in [0.1, 0.15) is 0 Å². The molecule has 1 fully saturated rings. The summed E-state index contributed by atoms with van der Waals surface area (Å²) in [5.41, 5.74) is 4.82. The average Bonchev–Trinajstić information content (AvgIpc) is 3.47. The van der Waals surface area contributed by atoms with Gasteiger partial charge in [-0.1, -0.05) is 19.3 Å². The lowest BCUT2D eigenvalue weighted by Crippen LogP contribution is -2.30. The number of carboxylic acid groups (broad SMARTS) is 1. The van der Waals surface area contributed by atoms with Gasteiger partial charge in [0, 0.05) is 67.8 Å². The molecule has 1 saturated heterocycles. The summed E-state index contributed by atoms with van der Waals surface area (Å²) >= 11 is 0. The van der Waals surface area contributed by atoms with E-state index in [1.807, 2.05) is 31.8 Å². The summed E-state index contributed by atoms with van der Waals surface area (Å²) in [4.78, 5) is 40.9. The second kappa shape index (κ2) is 20.2. The van der Waals surface area contributed by atoms with Gasteiger partial charge in [-0.05, 0) is 77.4 Å². The van der Waals surface area contributed by atoms with Crippen LogP contribution in [0, 0.1) is 6.92 Å². The Hall–Kier alpha value is -4.07. The van der Waals surface area contributed by atoms with E-state index in [2.05, 4.69) is 25.9 Å². The molecule has 3 heterocycles. The molecule has 258 valence electrons. The van der Waals surface area contributed by atoms with Crippen LogP contribution in [0.3, 0.4) is 0 Å². The molecule has 0 aliphatic carbocycles. The number of anilines is 2. The summed E-state index contributed by atoms with van der Waals surface area (Å²) < 4.78 is 7.44. The highest BCUT2D eigenvalue weighted by atomic mass is 16.5.